The number of aldehydes is 1. The number of furan rings is 1. The Balaban J connectivity index is 2.39. The van der Waals surface area contributed by atoms with Crippen LogP contribution >= 0.6 is 0 Å². The maximum Gasteiger partial charge on any atom is 0.285 e. The van der Waals surface area contributed by atoms with Crippen molar-refractivity contribution in [2.45, 2.75) is 33.1 Å². The lowest BCUT2D eigenvalue weighted by Crippen LogP contribution is -1.95. The van der Waals surface area contributed by atoms with E-state index in [1.54, 1.807) is 6.07 Å². The molecule has 0 aromatic carbocycles. The van der Waals surface area contributed by atoms with Gasteiger partial charge in [-0.05, 0) is 13.3 Å². The molecule has 3 heteroatoms. The van der Waals surface area contributed by atoms with Crippen LogP contribution in [0.4, 0.5) is 0 Å². The average molecular weight is 196 g/mol. The van der Waals surface area contributed by atoms with Crippen molar-refractivity contribution in [3.8, 4) is 5.95 Å². The summed E-state index contributed by atoms with van der Waals surface area (Å²) in [6.45, 7) is 4.62. The number of unbranched alkanes of at least 4 members (excludes halogenated alkanes) is 2. The first-order valence-electron chi connectivity index (χ1n) is 4.96. The molecule has 0 atom stereocenters. The summed E-state index contributed by atoms with van der Waals surface area (Å²) < 4.78 is 10.5. The fourth-order valence-corrected chi connectivity index (χ4v) is 1.18. The molecule has 0 fully saturated rings. The largest absolute Gasteiger partial charge is 0.465 e. The normalized spacial score (nSPS) is 10.1. The van der Waals surface area contributed by atoms with Gasteiger partial charge in [-0.2, -0.15) is 0 Å². The van der Waals surface area contributed by atoms with Crippen LogP contribution in [0.15, 0.2) is 10.5 Å². The predicted molar refractivity (Wildman–Crippen MR) is 53.9 cm³/mol. The van der Waals surface area contributed by atoms with Gasteiger partial charge in [-0.1, -0.05) is 19.8 Å². The minimum absolute atomic E-state index is 0.357. The summed E-state index contributed by atoms with van der Waals surface area (Å²) in [4.78, 5) is 10.5. The van der Waals surface area contributed by atoms with Crippen molar-refractivity contribution < 1.29 is 13.9 Å². The van der Waals surface area contributed by atoms with E-state index < -0.39 is 0 Å². The summed E-state index contributed by atoms with van der Waals surface area (Å²) in [6.07, 6.45) is 4.04. The van der Waals surface area contributed by atoms with E-state index >= 15 is 0 Å². The fraction of sp³-hybridized carbons (Fsp3) is 0.545. The Kier molecular flexibility index (Phi) is 4.23. The van der Waals surface area contributed by atoms with E-state index in [1.807, 2.05) is 6.92 Å². The van der Waals surface area contributed by atoms with Crippen LogP contribution in [0.2, 0.25) is 0 Å². The zero-order valence-electron chi connectivity index (χ0n) is 8.71. The smallest absolute Gasteiger partial charge is 0.285 e. The molecular weight excluding hydrogens is 180 g/mol. The Morgan fingerprint density at radius 1 is 1.50 bits per heavy atom. The summed E-state index contributed by atoms with van der Waals surface area (Å²) in [5.74, 6) is 0.802. The van der Waals surface area contributed by atoms with Crippen LogP contribution in [0.1, 0.15) is 42.3 Å². The molecule has 3 nitrogen and oxygen atoms in total. The summed E-state index contributed by atoms with van der Waals surface area (Å²) >= 11 is 0. The molecule has 0 unspecified atom stereocenters. The number of carbonyl (C=O) groups is 1. The fourth-order valence-electron chi connectivity index (χ4n) is 1.18. The minimum Gasteiger partial charge on any atom is -0.465 e. The first-order chi connectivity index (χ1) is 6.77. The van der Waals surface area contributed by atoms with Crippen LogP contribution in [-0.2, 0) is 0 Å². The molecule has 0 saturated carbocycles. The molecule has 1 aromatic heterocycles. The summed E-state index contributed by atoms with van der Waals surface area (Å²) in [7, 11) is 0. The molecule has 0 bridgehead atoms. The molecule has 0 radical (unpaired) electrons. The van der Waals surface area contributed by atoms with Gasteiger partial charge >= 0.3 is 0 Å². The standard InChI is InChI=1S/C11H16O3/c1-3-4-5-6-13-11-7-9(2)10(8-12)14-11/h7-8H,3-6H2,1-2H3. The molecule has 78 valence electrons. The lowest BCUT2D eigenvalue weighted by molar-refractivity contribution is 0.109. The molecule has 0 aliphatic carbocycles. The SMILES string of the molecule is CCCCCOc1cc(C)c(C=O)o1. The summed E-state index contributed by atoms with van der Waals surface area (Å²) in [5, 5.41) is 0. The van der Waals surface area contributed by atoms with Gasteiger partial charge in [0.25, 0.3) is 5.95 Å². The number of hydrogen-bond donors (Lipinski definition) is 0. The van der Waals surface area contributed by atoms with Crippen molar-refractivity contribution in [1.29, 1.82) is 0 Å². The van der Waals surface area contributed by atoms with Crippen LogP contribution in [0, 0.1) is 6.92 Å². The molecule has 1 heterocycles. The number of aryl methyl sites for hydroxylation is 1. The Labute approximate surface area is 84.1 Å². The third-order valence-electron chi connectivity index (χ3n) is 2.03. The van der Waals surface area contributed by atoms with E-state index in [-0.39, 0.29) is 0 Å². The number of rotatable bonds is 6. The van der Waals surface area contributed by atoms with Gasteiger partial charge in [0.05, 0.1) is 6.61 Å². The average Bonchev–Trinajstić information content (AvgIpc) is 2.54. The van der Waals surface area contributed by atoms with Crippen LogP contribution in [0.5, 0.6) is 5.95 Å². The molecular formula is C11H16O3. The summed E-state index contributed by atoms with van der Waals surface area (Å²) in [6, 6.07) is 1.75. The zero-order chi connectivity index (χ0) is 10.4. The molecule has 1 aromatic rings. The molecule has 0 aliphatic heterocycles. The van der Waals surface area contributed by atoms with Crippen molar-refractivity contribution in [3.05, 3.63) is 17.4 Å². The topological polar surface area (TPSA) is 39.4 Å². The first-order valence-corrected chi connectivity index (χ1v) is 4.96. The van der Waals surface area contributed by atoms with Gasteiger partial charge in [-0.25, -0.2) is 0 Å². The van der Waals surface area contributed by atoms with Gasteiger partial charge in [0.1, 0.15) is 0 Å². The van der Waals surface area contributed by atoms with E-state index in [0.717, 1.165) is 18.4 Å². The van der Waals surface area contributed by atoms with E-state index in [0.29, 0.717) is 24.6 Å². The number of hydrogen-bond acceptors (Lipinski definition) is 3. The van der Waals surface area contributed by atoms with Crippen LogP contribution < -0.4 is 4.74 Å². The Morgan fingerprint density at radius 2 is 2.29 bits per heavy atom. The zero-order valence-corrected chi connectivity index (χ0v) is 8.71. The predicted octanol–water partition coefficient (Wildman–Crippen LogP) is 2.97. The highest BCUT2D eigenvalue weighted by Gasteiger charge is 2.06. The van der Waals surface area contributed by atoms with Crippen molar-refractivity contribution in [1.82, 2.24) is 0 Å². The molecule has 0 saturated heterocycles. The van der Waals surface area contributed by atoms with Gasteiger partial charge in [0.2, 0.25) is 0 Å². The quantitative estimate of drug-likeness (QED) is 0.518. The lowest BCUT2D eigenvalue weighted by Gasteiger charge is -2.00. The van der Waals surface area contributed by atoms with Crippen molar-refractivity contribution in [2.24, 2.45) is 0 Å². The minimum atomic E-state index is 0.357. The summed E-state index contributed by atoms with van der Waals surface area (Å²) in [5.41, 5.74) is 0.825. The second kappa shape index (κ2) is 5.47. The van der Waals surface area contributed by atoms with Crippen molar-refractivity contribution in [2.75, 3.05) is 6.61 Å². The molecule has 14 heavy (non-hydrogen) atoms. The number of carbonyl (C=O) groups excluding carboxylic acids is 1. The van der Waals surface area contributed by atoms with Crippen molar-refractivity contribution in [3.63, 3.8) is 0 Å². The molecule has 0 spiro atoms. The van der Waals surface area contributed by atoms with Gasteiger partial charge in [0.15, 0.2) is 12.0 Å². The molecule has 0 amide bonds. The van der Waals surface area contributed by atoms with Gasteiger partial charge < -0.3 is 9.15 Å². The van der Waals surface area contributed by atoms with Gasteiger partial charge in [0, 0.05) is 11.6 Å². The van der Waals surface area contributed by atoms with E-state index in [2.05, 4.69) is 6.92 Å². The van der Waals surface area contributed by atoms with E-state index in [1.165, 1.54) is 6.42 Å². The van der Waals surface area contributed by atoms with Gasteiger partial charge in [-0.3, -0.25) is 4.79 Å². The molecule has 1 rings (SSSR count). The maximum absolute atomic E-state index is 10.5. The van der Waals surface area contributed by atoms with E-state index in [9.17, 15) is 4.79 Å². The van der Waals surface area contributed by atoms with E-state index in [4.69, 9.17) is 9.15 Å². The highest BCUT2D eigenvalue weighted by Crippen LogP contribution is 2.19. The highest BCUT2D eigenvalue weighted by molar-refractivity contribution is 5.73. The Morgan fingerprint density at radius 3 is 2.86 bits per heavy atom. The second-order valence-corrected chi connectivity index (χ2v) is 3.29. The van der Waals surface area contributed by atoms with Gasteiger partial charge in [-0.15, -0.1) is 0 Å². The van der Waals surface area contributed by atoms with Crippen molar-refractivity contribution >= 4 is 6.29 Å². The molecule has 0 aliphatic rings. The first kappa shape index (κ1) is 10.8. The Bertz CT molecular complexity index is 289. The molecule has 0 N–H and O–H groups in total. The monoisotopic (exact) mass is 196 g/mol. The van der Waals surface area contributed by atoms with Crippen LogP contribution in [0.25, 0.3) is 0 Å². The lowest BCUT2D eigenvalue weighted by atomic mass is 10.3. The number of ether oxygens (including phenoxy) is 1. The van der Waals surface area contributed by atoms with Crippen LogP contribution in [0.3, 0.4) is 0 Å². The maximum atomic E-state index is 10.5. The Hall–Kier alpha value is -1.25. The van der Waals surface area contributed by atoms with Crippen LogP contribution in [-0.4, -0.2) is 12.9 Å². The third kappa shape index (κ3) is 2.91. The second-order valence-electron chi connectivity index (χ2n) is 3.29. The third-order valence-corrected chi connectivity index (χ3v) is 2.03. The highest BCUT2D eigenvalue weighted by atomic mass is 16.6.